The molecule has 26 heavy (non-hydrogen) atoms. The van der Waals surface area contributed by atoms with Crippen LogP contribution in [0.5, 0.6) is 0 Å². The first-order chi connectivity index (χ1) is 12.7. The van der Waals surface area contributed by atoms with Crippen molar-refractivity contribution in [3.63, 3.8) is 0 Å². The maximum atomic E-state index is 12.7. The molecule has 1 aromatic heterocycles. The number of aryl methyl sites for hydroxylation is 1. The van der Waals surface area contributed by atoms with Gasteiger partial charge in [-0.05, 0) is 30.7 Å². The minimum Gasteiger partial charge on any atom is -0.378 e. The molecule has 1 fully saturated rings. The average Bonchev–Trinajstić information content (AvgIpc) is 2.65. The van der Waals surface area contributed by atoms with Gasteiger partial charge < -0.3 is 15.0 Å². The number of nitrogens with zero attached hydrogens (tertiary/aromatic N) is 2. The summed E-state index contributed by atoms with van der Waals surface area (Å²) in [6.45, 7) is 10.2. The number of ether oxygens (including phenoxy) is 1. The quantitative estimate of drug-likeness (QED) is 0.491. The van der Waals surface area contributed by atoms with Crippen molar-refractivity contribution < 1.29 is 9.53 Å². The third-order valence-electron chi connectivity index (χ3n) is 4.58. The van der Waals surface area contributed by atoms with E-state index >= 15 is 0 Å². The fourth-order valence-electron chi connectivity index (χ4n) is 3.12. The number of thioether (sulfide) groups is 1. The largest absolute Gasteiger partial charge is 0.378 e. The normalized spacial score (nSPS) is 14.5. The number of pyridine rings is 1. The van der Waals surface area contributed by atoms with E-state index in [0.29, 0.717) is 0 Å². The molecule has 0 aliphatic carbocycles. The Labute approximate surface area is 162 Å². The van der Waals surface area contributed by atoms with E-state index in [9.17, 15) is 4.79 Å². The summed E-state index contributed by atoms with van der Waals surface area (Å²) in [5, 5.41) is 3.93. The Balaban J connectivity index is 2.04. The van der Waals surface area contributed by atoms with Crippen molar-refractivity contribution in [2.45, 2.75) is 57.9 Å². The lowest BCUT2D eigenvalue weighted by atomic mass is 10.1. The highest BCUT2D eigenvalue weighted by Crippen LogP contribution is 2.28. The van der Waals surface area contributed by atoms with Crippen molar-refractivity contribution in [3.8, 4) is 0 Å². The highest BCUT2D eigenvalue weighted by atomic mass is 32.2. The van der Waals surface area contributed by atoms with Crippen LogP contribution < -0.4 is 10.2 Å². The Hall–Kier alpha value is -1.27. The van der Waals surface area contributed by atoms with Gasteiger partial charge in [0.25, 0.3) is 5.91 Å². The van der Waals surface area contributed by atoms with Crippen LogP contribution in [0, 0.1) is 6.92 Å². The fraction of sp³-hybridized carbons (Fsp3) is 0.700. The summed E-state index contributed by atoms with van der Waals surface area (Å²) >= 11 is 1.64. The van der Waals surface area contributed by atoms with Gasteiger partial charge in [0.15, 0.2) is 0 Å². The smallest absolute Gasteiger partial charge is 0.254 e. The number of rotatable bonds is 10. The van der Waals surface area contributed by atoms with Crippen LogP contribution in [0.2, 0.25) is 0 Å². The van der Waals surface area contributed by atoms with Crippen LogP contribution in [-0.2, 0) is 4.74 Å². The van der Waals surface area contributed by atoms with Gasteiger partial charge in [-0.2, -0.15) is 0 Å². The summed E-state index contributed by atoms with van der Waals surface area (Å²) in [6.07, 6.45) is 5.98. The Morgan fingerprint density at radius 2 is 1.96 bits per heavy atom. The molecule has 0 atom stereocenters. The lowest BCUT2D eigenvalue weighted by Crippen LogP contribution is -2.37. The minimum absolute atomic E-state index is 0.00923. The summed E-state index contributed by atoms with van der Waals surface area (Å²) in [4.78, 5) is 19.8. The van der Waals surface area contributed by atoms with Crippen molar-refractivity contribution in [2.24, 2.45) is 0 Å². The van der Waals surface area contributed by atoms with Crippen LogP contribution in [-0.4, -0.2) is 49.5 Å². The zero-order chi connectivity index (χ0) is 18.8. The molecule has 1 aliphatic rings. The molecule has 2 heterocycles. The van der Waals surface area contributed by atoms with Crippen LogP contribution in [0.1, 0.15) is 61.9 Å². The second kappa shape index (κ2) is 11.4. The molecule has 1 N–H and O–H groups in total. The van der Waals surface area contributed by atoms with Gasteiger partial charge in [-0.25, -0.2) is 4.98 Å². The van der Waals surface area contributed by atoms with Crippen molar-refractivity contribution in [3.05, 3.63) is 17.2 Å². The molecule has 0 saturated carbocycles. The van der Waals surface area contributed by atoms with Crippen molar-refractivity contribution in [2.75, 3.05) is 43.5 Å². The van der Waals surface area contributed by atoms with E-state index < -0.39 is 0 Å². The van der Waals surface area contributed by atoms with Crippen LogP contribution in [0.15, 0.2) is 11.1 Å². The van der Waals surface area contributed by atoms with E-state index in [2.05, 4.69) is 24.1 Å². The van der Waals surface area contributed by atoms with E-state index in [0.717, 1.165) is 67.0 Å². The van der Waals surface area contributed by atoms with Gasteiger partial charge in [-0.1, -0.05) is 39.5 Å². The van der Waals surface area contributed by atoms with Gasteiger partial charge in [0, 0.05) is 19.6 Å². The molecule has 146 valence electrons. The number of hydrogen-bond donors (Lipinski definition) is 1. The molecule has 1 amide bonds. The van der Waals surface area contributed by atoms with Crippen LogP contribution in [0.4, 0.5) is 5.82 Å². The third-order valence-corrected chi connectivity index (χ3v) is 5.44. The lowest BCUT2D eigenvalue weighted by molar-refractivity contribution is 0.0948. The van der Waals surface area contributed by atoms with E-state index in [1.54, 1.807) is 11.8 Å². The van der Waals surface area contributed by atoms with E-state index in [1.807, 2.05) is 13.0 Å². The maximum absolute atomic E-state index is 12.7. The predicted molar refractivity (Wildman–Crippen MR) is 109 cm³/mol. The Bertz CT molecular complexity index is 574. The second-order valence-electron chi connectivity index (χ2n) is 6.68. The molecule has 2 rings (SSSR count). The zero-order valence-electron chi connectivity index (χ0n) is 16.5. The van der Waals surface area contributed by atoms with Gasteiger partial charge in [0.05, 0.1) is 18.8 Å². The first-order valence-corrected chi connectivity index (χ1v) is 10.9. The standard InChI is InChI=1S/C20H33N3O2S/c1-4-6-7-8-9-10-21-19(24)18-16(3)15-17(22-20(18)26-5-2)23-11-13-25-14-12-23/h15H,4-14H2,1-3H3,(H,21,24). The van der Waals surface area contributed by atoms with Crippen LogP contribution >= 0.6 is 11.8 Å². The molecule has 0 bridgehead atoms. The summed E-state index contributed by atoms with van der Waals surface area (Å²) < 4.78 is 5.43. The molecule has 1 aromatic rings. The molecular formula is C20H33N3O2S. The van der Waals surface area contributed by atoms with E-state index in [-0.39, 0.29) is 5.91 Å². The number of carbonyl (C=O) groups is 1. The monoisotopic (exact) mass is 379 g/mol. The highest BCUT2D eigenvalue weighted by molar-refractivity contribution is 7.99. The van der Waals surface area contributed by atoms with Gasteiger partial charge in [0.1, 0.15) is 10.8 Å². The molecule has 1 aliphatic heterocycles. The summed E-state index contributed by atoms with van der Waals surface area (Å²) in [5.74, 6) is 1.86. The lowest BCUT2D eigenvalue weighted by Gasteiger charge is -2.28. The summed E-state index contributed by atoms with van der Waals surface area (Å²) in [6, 6.07) is 2.04. The average molecular weight is 380 g/mol. The van der Waals surface area contributed by atoms with Crippen molar-refractivity contribution in [1.82, 2.24) is 10.3 Å². The number of aromatic nitrogens is 1. The number of nitrogens with one attached hydrogen (secondary N) is 1. The summed E-state index contributed by atoms with van der Waals surface area (Å²) in [5.41, 5.74) is 1.74. The number of anilines is 1. The second-order valence-corrected chi connectivity index (χ2v) is 7.93. The minimum atomic E-state index is 0.00923. The van der Waals surface area contributed by atoms with E-state index in [4.69, 9.17) is 9.72 Å². The van der Waals surface area contributed by atoms with Gasteiger partial charge >= 0.3 is 0 Å². The van der Waals surface area contributed by atoms with Crippen LogP contribution in [0.25, 0.3) is 0 Å². The molecule has 5 nitrogen and oxygen atoms in total. The summed E-state index contributed by atoms with van der Waals surface area (Å²) in [7, 11) is 0. The number of amides is 1. The predicted octanol–water partition coefficient (Wildman–Crippen LogP) is 4.04. The molecule has 0 aromatic carbocycles. The Kier molecular flexibility index (Phi) is 9.26. The first-order valence-electron chi connectivity index (χ1n) is 9.92. The molecule has 1 saturated heterocycles. The number of unbranched alkanes of at least 4 members (excludes halogenated alkanes) is 4. The maximum Gasteiger partial charge on any atom is 0.254 e. The topological polar surface area (TPSA) is 54.5 Å². The SMILES string of the molecule is CCCCCCCNC(=O)c1c(C)cc(N2CCOCC2)nc1SCC. The van der Waals surface area contributed by atoms with Gasteiger partial charge in [-0.3, -0.25) is 4.79 Å². The Morgan fingerprint density at radius 3 is 2.65 bits per heavy atom. The zero-order valence-corrected chi connectivity index (χ0v) is 17.3. The number of hydrogen-bond acceptors (Lipinski definition) is 5. The molecule has 0 spiro atoms. The molecular weight excluding hydrogens is 346 g/mol. The Morgan fingerprint density at radius 1 is 1.23 bits per heavy atom. The highest BCUT2D eigenvalue weighted by Gasteiger charge is 2.20. The third kappa shape index (κ3) is 6.16. The molecule has 0 unspecified atom stereocenters. The van der Waals surface area contributed by atoms with Gasteiger partial charge in [0.2, 0.25) is 0 Å². The number of morpholine rings is 1. The van der Waals surface area contributed by atoms with Gasteiger partial charge in [-0.15, -0.1) is 11.8 Å². The van der Waals surface area contributed by atoms with Crippen LogP contribution in [0.3, 0.4) is 0 Å². The van der Waals surface area contributed by atoms with Crippen molar-refractivity contribution >= 4 is 23.5 Å². The molecule has 6 heteroatoms. The van der Waals surface area contributed by atoms with Crippen molar-refractivity contribution in [1.29, 1.82) is 0 Å². The molecule has 0 radical (unpaired) electrons. The first kappa shape index (κ1) is 21.0. The van der Waals surface area contributed by atoms with E-state index in [1.165, 1.54) is 25.7 Å². The fourth-order valence-corrected chi connectivity index (χ4v) is 3.95. The number of carbonyl (C=O) groups excluding carboxylic acids is 1.